The zero-order valence-electron chi connectivity index (χ0n) is 9.40. The molecule has 1 nitrogen and oxygen atoms in total. The first kappa shape index (κ1) is 11.3. The van der Waals surface area contributed by atoms with Gasteiger partial charge in [0.1, 0.15) is 0 Å². The number of nitrogens with two attached hydrogens (primary N) is 1. The molecule has 1 aromatic carbocycles. The van der Waals surface area contributed by atoms with E-state index in [-0.39, 0.29) is 11.5 Å². The average molecular weight is 264 g/mol. The molecule has 3 heteroatoms. The largest absolute Gasteiger partial charge is 0.323 e. The molecular weight excluding hydrogens is 250 g/mol. The first-order valence-electron chi connectivity index (χ1n) is 5.79. The van der Waals surface area contributed by atoms with E-state index < -0.39 is 0 Å². The van der Waals surface area contributed by atoms with E-state index in [1.54, 1.807) is 11.3 Å². The van der Waals surface area contributed by atoms with Gasteiger partial charge in [-0.2, -0.15) is 0 Å². The Balaban J connectivity index is 1.94. The van der Waals surface area contributed by atoms with Gasteiger partial charge >= 0.3 is 0 Å². The predicted molar refractivity (Wildman–Crippen MR) is 73.6 cm³/mol. The van der Waals surface area contributed by atoms with Gasteiger partial charge in [0, 0.05) is 16.3 Å². The molecule has 1 unspecified atom stereocenters. The van der Waals surface area contributed by atoms with E-state index in [0.29, 0.717) is 0 Å². The van der Waals surface area contributed by atoms with E-state index in [9.17, 15) is 0 Å². The lowest BCUT2D eigenvalue weighted by atomic mass is 9.88. The van der Waals surface area contributed by atoms with E-state index in [0.717, 1.165) is 4.34 Å². The fraction of sp³-hybridized carbons (Fsp3) is 0.286. The third-order valence-electron chi connectivity index (χ3n) is 3.63. The molecule has 1 aliphatic rings. The predicted octanol–water partition coefficient (Wildman–Crippen LogP) is 4.13. The van der Waals surface area contributed by atoms with Crippen LogP contribution in [0.25, 0.3) is 0 Å². The van der Waals surface area contributed by atoms with Crippen molar-refractivity contribution in [3.05, 3.63) is 57.2 Å². The second-order valence-corrected chi connectivity index (χ2v) is 6.39. The molecular formula is C14H14ClNS. The summed E-state index contributed by atoms with van der Waals surface area (Å²) in [5, 5.41) is 0. The van der Waals surface area contributed by atoms with E-state index in [1.165, 1.54) is 23.3 Å². The molecule has 0 aliphatic heterocycles. The first-order valence-corrected chi connectivity index (χ1v) is 6.98. The maximum absolute atomic E-state index is 6.43. The smallest absolute Gasteiger partial charge is 0.0931 e. The van der Waals surface area contributed by atoms with Crippen molar-refractivity contribution < 1.29 is 0 Å². The van der Waals surface area contributed by atoms with Crippen LogP contribution in [0.15, 0.2) is 42.5 Å². The highest BCUT2D eigenvalue weighted by atomic mass is 35.5. The molecule has 0 spiro atoms. The van der Waals surface area contributed by atoms with Crippen molar-refractivity contribution in [2.45, 2.75) is 24.3 Å². The Bertz CT molecular complexity index is 516. The van der Waals surface area contributed by atoms with Gasteiger partial charge in [-0.15, -0.1) is 11.3 Å². The molecule has 1 aliphatic carbocycles. The zero-order valence-corrected chi connectivity index (χ0v) is 11.0. The van der Waals surface area contributed by atoms with E-state index in [1.807, 2.05) is 12.1 Å². The summed E-state index contributed by atoms with van der Waals surface area (Å²) in [5.74, 6) is 0. The standard InChI is InChI=1S/C14H14ClNS/c15-12-7-6-11(17-12)13(16)14(8-9-14)10-4-2-1-3-5-10/h1-7,13H,8-9,16H2. The molecule has 3 rings (SSSR count). The lowest BCUT2D eigenvalue weighted by molar-refractivity contribution is 0.549. The summed E-state index contributed by atoms with van der Waals surface area (Å²) < 4.78 is 0.819. The van der Waals surface area contributed by atoms with Crippen LogP contribution in [0, 0.1) is 0 Å². The first-order chi connectivity index (χ1) is 8.22. The van der Waals surface area contributed by atoms with E-state index in [2.05, 4.69) is 30.3 Å². The lowest BCUT2D eigenvalue weighted by Gasteiger charge is -2.22. The maximum atomic E-state index is 6.43. The van der Waals surface area contributed by atoms with Gasteiger partial charge in [-0.05, 0) is 30.5 Å². The topological polar surface area (TPSA) is 26.0 Å². The summed E-state index contributed by atoms with van der Waals surface area (Å²) in [6.45, 7) is 0. The SMILES string of the molecule is NC(c1ccc(Cl)s1)C1(c2ccccc2)CC1. The van der Waals surface area contributed by atoms with Gasteiger partial charge in [0.25, 0.3) is 0 Å². The normalized spacial score (nSPS) is 18.9. The zero-order chi connectivity index (χ0) is 11.9. The molecule has 88 valence electrons. The molecule has 0 radical (unpaired) electrons. The minimum atomic E-state index is 0.0717. The van der Waals surface area contributed by atoms with Gasteiger partial charge in [0.2, 0.25) is 0 Å². The van der Waals surface area contributed by atoms with Crippen LogP contribution in [0.4, 0.5) is 0 Å². The summed E-state index contributed by atoms with van der Waals surface area (Å²) in [7, 11) is 0. The van der Waals surface area contributed by atoms with E-state index in [4.69, 9.17) is 17.3 Å². The molecule has 17 heavy (non-hydrogen) atoms. The fourth-order valence-corrected chi connectivity index (χ4v) is 3.63. The third-order valence-corrected chi connectivity index (χ3v) is 4.95. The van der Waals surface area contributed by atoms with Gasteiger partial charge in [0.15, 0.2) is 0 Å². The summed E-state index contributed by atoms with van der Waals surface area (Å²) in [6, 6.07) is 14.6. The molecule has 1 heterocycles. The van der Waals surface area contributed by atoms with Crippen molar-refractivity contribution in [2.75, 3.05) is 0 Å². The summed E-state index contributed by atoms with van der Waals surface area (Å²) in [6.07, 6.45) is 2.35. The van der Waals surface area contributed by atoms with Gasteiger partial charge in [-0.3, -0.25) is 0 Å². The Labute approximate surface area is 110 Å². The monoisotopic (exact) mass is 263 g/mol. The van der Waals surface area contributed by atoms with Crippen molar-refractivity contribution in [2.24, 2.45) is 5.73 Å². The van der Waals surface area contributed by atoms with Crippen molar-refractivity contribution in [1.82, 2.24) is 0 Å². The Kier molecular flexibility index (Phi) is 2.74. The molecule has 2 N–H and O–H groups in total. The van der Waals surface area contributed by atoms with Gasteiger partial charge in [0.05, 0.1) is 4.34 Å². The molecule has 0 amide bonds. The number of hydrogen-bond donors (Lipinski definition) is 1. The molecule has 1 saturated carbocycles. The summed E-state index contributed by atoms with van der Waals surface area (Å²) in [4.78, 5) is 1.19. The number of benzene rings is 1. The van der Waals surface area contributed by atoms with Gasteiger partial charge < -0.3 is 5.73 Å². The number of rotatable bonds is 3. The summed E-state index contributed by atoms with van der Waals surface area (Å²) in [5.41, 5.74) is 7.94. The van der Waals surface area contributed by atoms with Crippen LogP contribution in [-0.4, -0.2) is 0 Å². The quantitative estimate of drug-likeness (QED) is 0.885. The Morgan fingerprint density at radius 1 is 1.12 bits per heavy atom. The van der Waals surface area contributed by atoms with Gasteiger partial charge in [-0.25, -0.2) is 0 Å². The molecule has 1 atom stereocenters. The van der Waals surface area contributed by atoms with Crippen LogP contribution >= 0.6 is 22.9 Å². The fourth-order valence-electron chi connectivity index (χ4n) is 2.45. The van der Waals surface area contributed by atoms with Crippen molar-refractivity contribution >= 4 is 22.9 Å². The molecule has 0 bridgehead atoms. The molecule has 2 aromatic rings. The highest BCUT2D eigenvalue weighted by Crippen LogP contribution is 2.56. The Hall–Kier alpha value is -0.830. The van der Waals surface area contributed by atoms with E-state index >= 15 is 0 Å². The van der Waals surface area contributed by atoms with Crippen LogP contribution in [0.3, 0.4) is 0 Å². The van der Waals surface area contributed by atoms with Crippen molar-refractivity contribution in [3.63, 3.8) is 0 Å². The number of hydrogen-bond acceptors (Lipinski definition) is 2. The Morgan fingerprint density at radius 3 is 2.35 bits per heavy atom. The molecule has 1 fully saturated rings. The van der Waals surface area contributed by atoms with Crippen LogP contribution in [0.2, 0.25) is 4.34 Å². The van der Waals surface area contributed by atoms with Crippen molar-refractivity contribution in [1.29, 1.82) is 0 Å². The minimum absolute atomic E-state index is 0.0717. The summed E-state index contributed by atoms with van der Waals surface area (Å²) >= 11 is 7.58. The maximum Gasteiger partial charge on any atom is 0.0931 e. The average Bonchev–Trinajstić information content (AvgIpc) is 3.07. The lowest BCUT2D eigenvalue weighted by Crippen LogP contribution is -2.25. The second-order valence-electron chi connectivity index (χ2n) is 4.64. The molecule has 0 saturated heterocycles. The van der Waals surface area contributed by atoms with Gasteiger partial charge in [-0.1, -0.05) is 41.9 Å². The van der Waals surface area contributed by atoms with Crippen LogP contribution in [0.1, 0.15) is 29.3 Å². The number of thiophene rings is 1. The second kappa shape index (κ2) is 4.13. The van der Waals surface area contributed by atoms with Crippen molar-refractivity contribution in [3.8, 4) is 0 Å². The highest BCUT2D eigenvalue weighted by Gasteiger charge is 2.50. The highest BCUT2D eigenvalue weighted by molar-refractivity contribution is 7.16. The Morgan fingerprint density at radius 2 is 1.82 bits per heavy atom. The van der Waals surface area contributed by atoms with Crippen LogP contribution < -0.4 is 5.73 Å². The van der Waals surface area contributed by atoms with Crippen LogP contribution in [0.5, 0.6) is 0 Å². The third kappa shape index (κ3) is 1.90. The molecule has 1 aromatic heterocycles. The minimum Gasteiger partial charge on any atom is -0.323 e. The van der Waals surface area contributed by atoms with Crippen LogP contribution in [-0.2, 0) is 5.41 Å². The number of halogens is 1.